The number of hydrogen-bond donors (Lipinski definition) is 2. The van der Waals surface area contributed by atoms with Crippen molar-refractivity contribution < 1.29 is 5.11 Å². The quantitative estimate of drug-likeness (QED) is 0.847. The van der Waals surface area contributed by atoms with E-state index in [4.69, 9.17) is 16.7 Å². The molecule has 1 unspecified atom stereocenters. The molecule has 0 aromatic heterocycles. The number of aliphatic hydroxyl groups is 1. The number of rotatable bonds is 6. The molecule has 1 saturated carbocycles. The first-order chi connectivity index (χ1) is 9.76. The van der Waals surface area contributed by atoms with Crippen LogP contribution >= 0.6 is 11.6 Å². The first-order valence-corrected chi connectivity index (χ1v) is 8.01. The lowest BCUT2D eigenvalue weighted by molar-refractivity contribution is 0.263. The molecule has 110 valence electrons. The lowest BCUT2D eigenvalue weighted by Gasteiger charge is -2.20. The van der Waals surface area contributed by atoms with Gasteiger partial charge >= 0.3 is 0 Å². The molecule has 1 aromatic rings. The number of hydrogen-bond acceptors (Lipinski definition) is 3. The molecule has 0 amide bonds. The van der Waals surface area contributed by atoms with Gasteiger partial charge in [-0.3, -0.25) is 0 Å². The summed E-state index contributed by atoms with van der Waals surface area (Å²) in [7, 11) is 0. The van der Waals surface area contributed by atoms with Crippen molar-refractivity contribution in [3.63, 3.8) is 0 Å². The van der Waals surface area contributed by atoms with Gasteiger partial charge < -0.3 is 15.3 Å². The van der Waals surface area contributed by atoms with Crippen molar-refractivity contribution in [3.05, 3.63) is 28.8 Å². The van der Waals surface area contributed by atoms with Crippen molar-refractivity contribution in [2.24, 2.45) is 5.92 Å². The molecule has 2 aliphatic rings. The molecule has 1 saturated heterocycles. The third kappa shape index (κ3) is 3.46. The molecular weight excluding hydrogens is 272 g/mol. The van der Waals surface area contributed by atoms with Crippen LogP contribution in [0.3, 0.4) is 0 Å². The first-order valence-electron chi connectivity index (χ1n) is 7.64. The fourth-order valence-corrected chi connectivity index (χ4v) is 3.26. The summed E-state index contributed by atoms with van der Waals surface area (Å²) in [5.74, 6) is 0.604. The summed E-state index contributed by atoms with van der Waals surface area (Å²) in [6.45, 7) is 3.26. The number of nitrogens with one attached hydrogen (secondary N) is 1. The van der Waals surface area contributed by atoms with E-state index < -0.39 is 0 Å². The number of halogens is 1. The number of aliphatic hydroxyl groups excluding tert-OH is 1. The highest BCUT2D eigenvalue weighted by molar-refractivity contribution is 6.33. The second-order valence-electron chi connectivity index (χ2n) is 6.05. The zero-order chi connectivity index (χ0) is 13.9. The van der Waals surface area contributed by atoms with Crippen LogP contribution in [0, 0.1) is 5.92 Å². The molecule has 1 aliphatic heterocycles. The average Bonchev–Trinajstić information content (AvgIpc) is 3.16. The first kappa shape index (κ1) is 14.2. The van der Waals surface area contributed by atoms with E-state index in [-0.39, 0.29) is 6.61 Å². The van der Waals surface area contributed by atoms with Crippen LogP contribution in [0.25, 0.3) is 0 Å². The molecule has 3 rings (SSSR count). The van der Waals surface area contributed by atoms with Gasteiger partial charge in [-0.25, -0.2) is 0 Å². The summed E-state index contributed by atoms with van der Waals surface area (Å²) >= 11 is 6.45. The van der Waals surface area contributed by atoms with Crippen molar-refractivity contribution in [2.45, 2.75) is 38.3 Å². The van der Waals surface area contributed by atoms with Gasteiger partial charge in [-0.15, -0.1) is 0 Å². The zero-order valence-corrected chi connectivity index (χ0v) is 12.6. The third-order valence-electron chi connectivity index (χ3n) is 4.35. The third-order valence-corrected chi connectivity index (χ3v) is 4.65. The summed E-state index contributed by atoms with van der Waals surface area (Å²) in [5, 5.41) is 13.4. The van der Waals surface area contributed by atoms with E-state index in [1.165, 1.54) is 18.4 Å². The average molecular weight is 295 g/mol. The van der Waals surface area contributed by atoms with Crippen molar-refractivity contribution in [3.8, 4) is 0 Å². The van der Waals surface area contributed by atoms with Crippen LogP contribution in [0.1, 0.15) is 31.2 Å². The lowest BCUT2D eigenvalue weighted by Crippen LogP contribution is -2.20. The van der Waals surface area contributed by atoms with Crippen LogP contribution < -0.4 is 10.2 Å². The molecule has 4 heteroatoms. The van der Waals surface area contributed by atoms with E-state index in [2.05, 4.69) is 28.4 Å². The van der Waals surface area contributed by atoms with Crippen molar-refractivity contribution in [2.75, 3.05) is 24.6 Å². The molecule has 0 bridgehead atoms. The second kappa shape index (κ2) is 6.33. The predicted molar refractivity (Wildman–Crippen MR) is 83.3 cm³/mol. The van der Waals surface area contributed by atoms with Crippen molar-refractivity contribution >= 4 is 17.3 Å². The minimum Gasteiger partial charge on any atom is -0.396 e. The summed E-state index contributed by atoms with van der Waals surface area (Å²) in [5.41, 5.74) is 2.40. The number of nitrogens with zero attached hydrogens (tertiary/aromatic N) is 1. The summed E-state index contributed by atoms with van der Waals surface area (Å²) in [4.78, 5) is 2.35. The normalized spacial score (nSPS) is 22.5. The Morgan fingerprint density at radius 2 is 2.15 bits per heavy atom. The molecule has 1 heterocycles. The monoisotopic (exact) mass is 294 g/mol. The zero-order valence-electron chi connectivity index (χ0n) is 11.8. The Morgan fingerprint density at radius 1 is 1.30 bits per heavy atom. The highest BCUT2D eigenvalue weighted by Gasteiger charge is 2.24. The largest absolute Gasteiger partial charge is 0.396 e. The van der Waals surface area contributed by atoms with Gasteiger partial charge in [-0.05, 0) is 49.3 Å². The molecule has 2 N–H and O–H groups in total. The van der Waals surface area contributed by atoms with Crippen LogP contribution in [0.5, 0.6) is 0 Å². The van der Waals surface area contributed by atoms with Gasteiger partial charge in [0.2, 0.25) is 0 Å². The van der Waals surface area contributed by atoms with Crippen molar-refractivity contribution in [1.29, 1.82) is 0 Å². The molecule has 0 radical (unpaired) electrons. The van der Waals surface area contributed by atoms with Gasteiger partial charge in [0.15, 0.2) is 0 Å². The maximum Gasteiger partial charge on any atom is 0.0642 e. The number of anilines is 1. The highest BCUT2D eigenvalue weighted by Crippen LogP contribution is 2.32. The Hall–Kier alpha value is -0.770. The summed E-state index contributed by atoms with van der Waals surface area (Å²) in [6.07, 6.45) is 4.68. The maximum atomic E-state index is 9.03. The molecular formula is C16H23ClN2O. The Bertz CT molecular complexity index is 462. The van der Waals surface area contributed by atoms with Gasteiger partial charge in [0, 0.05) is 32.3 Å². The summed E-state index contributed by atoms with van der Waals surface area (Å²) < 4.78 is 0. The molecule has 2 fully saturated rings. The Morgan fingerprint density at radius 3 is 2.85 bits per heavy atom. The van der Waals surface area contributed by atoms with Crippen LogP contribution in [0.4, 0.5) is 5.69 Å². The fraction of sp³-hybridized carbons (Fsp3) is 0.625. The smallest absolute Gasteiger partial charge is 0.0642 e. The van der Waals surface area contributed by atoms with Crippen molar-refractivity contribution in [1.82, 2.24) is 5.32 Å². The maximum absolute atomic E-state index is 9.03. The molecule has 0 spiro atoms. The molecule has 1 atom stereocenters. The Balaban J connectivity index is 1.61. The van der Waals surface area contributed by atoms with E-state index >= 15 is 0 Å². The van der Waals surface area contributed by atoms with Crippen LogP contribution in [-0.2, 0) is 6.54 Å². The minimum absolute atomic E-state index is 0.290. The van der Waals surface area contributed by atoms with E-state index in [1.54, 1.807) is 0 Å². The standard InChI is InChI=1S/C16H23ClN2O/c17-15-9-13(10-18-14-2-3-14)1-4-16(15)19-7-5-12(11-19)6-8-20/h1,4,9,12,14,18,20H,2-3,5-8,10-11H2. The topological polar surface area (TPSA) is 35.5 Å². The Kier molecular flexibility index (Phi) is 4.49. The van der Waals surface area contributed by atoms with Gasteiger partial charge in [0.1, 0.15) is 0 Å². The Labute approximate surface area is 125 Å². The molecule has 1 aromatic carbocycles. The van der Waals surface area contributed by atoms with E-state index in [0.717, 1.165) is 49.2 Å². The van der Waals surface area contributed by atoms with Gasteiger partial charge in [0.05, 0.1) is 10.7 Å². The SMILES string of the molecule is OCCC1CCN(c2ccc(CNC3CC3)cc2Cl)C1. The second-order valence-corrected chi connectivity index (χ2v) is 6.46. The number of benzene rings is 1. The molecule has 20 heavy (non-hydrogen) atoms. The van der Waals surface area contributed by atoms with Crippen LogP contribution in [0.2, 0.25) is 5.02 Å². The summed E-state index contributed by atoms with van der Waals surface area (Å²) in [6, 6.07) is 7.14. The highest BCUT2D eigenvalue weighted by atomic mass is 35.5. The van der Waals surface area contributed by atoms with Gasteiger partial charge in [-0.2, -0.15) is 0 Å². The fourth-order valence-electron chi connectivity index (χ4n) is 2.94. The van der Waals surface area contributed by atoms with E-state index in [9.17, 15) is 0 Å². The van der Waals surface area contributed by atoms with Crippen LogP contribution in [-0.4, -0.2) is 30.8 Å². The van der Waals surface area contributed by atoms with E-state index in [1.807, 2.05) is 0 Å². The van der Waals surface area contributed by atoms with Gasteiger partial charge in [-0.1, -0.05) is 17.7 Å². The van der Waals surface area contributed by atoms with Crippen LogP contribution in [0.15, 0.2) is 18.2 Å². The molecule has 1 aliphatic carbocycles. The molecule has 3 nitrogen and oxygen atoms in total. The minimum atomic E-state index is 0.290. The van der Waals surface area contributed by atoms with E-state index in [0.29, 0.717) is 5.92 Å². The lowest BCUT2D eigenvalue weighted by atomic mass is 10.1. The van der Waals surface area contributed by atoms with Gasteiger partial charge in [0.25, 0.3) is 0 Å². The predicted octanol–water partition coefficient (Wildman–Crippen LogP) is 2.80.